The van der Waals surface area contributed by atoms with E-state index in [0.29, 0.717) is 39.6 Å². The Kier molecular flexibility index (Phi) is 11.9. The van der Waals surface area contributed by atoms with Gasteiger partial charge in [-0.25, -0.2) is 9.78 Å². The number of hydrogen-bond donors (Lipinski definition) is 2. The van der Waals surface area contributed by atoms with E-state index in [1.807, 2.05) is 45.0 Å². The zero-order valence-corrected chi connectivity index (χ0v) is 30.8. The van der Waals surface area contributed by atoms with Gasteiger partial charge in [0.15, 0.2) is 16.6 Å². The summed E-state index contributed by atoms with van der Waals surface area (Å²) in [5, 5.41) is 8.15. The van der Waals surface area contributed by atoms with E-state index in [-0.39, 0.29) is 18.0 Å². The van der Waals surface area contributed by atoms with E-state index < -0.39 is 0 Å². The molecule has 11 heteroatoms. The first kappa shape index (κ1) is 35.9. The second-order valence-electron chi connectivity index (χ2n) is 13.0. The van der Waals surface area contributed by atoms with Crippen molar-refractivity contribution in [2.75, 3.05) is 37.0 Å². The summed E-state index contributed by atoms with van der Waals surface area (Å²) in [5.41, 5.74) is 4.66. The summed E-state index contributed by atoms with van der Waals surface area (Å²) in [6, 6.07) is 21.4. The van der Waals surface area contributed by atoms with Gasteiger partial charge in [-0.15, -0.1) is 0 Å². The first-order valence-corrected chi connectivity index (χ1v) is 18.9. The third kappa shape index (κ3) is 8.72. The number of ether oxygens (including phenoxy) is 2. The van der Waals surface area contributed by atoms with Gasteiger partial charge in [-0.05, 0) is 93.2 Å². The Morgan fingerprint density at radius 1 is 0.961 bits per heavy atom. The second-order valence-corrected chi connectivity index (χ2v) is 13.9. The predicted molar refractivity (Wildman–Crippen MR) is 206 cm³/mol. The second kappa shape index (κ2) is 16.9. The number of piperidine rings is 1. The molecule has 0 unspecified atom stereocenters. The van der Waals surface area contributed by atoms with Crippen molar-refractivity contribution >= 4 is 45.0 Å². The van der Waals surface area contributed by atoms with Gasteiger partial charge in [-0.1, -0.05) is 56.7 Å². The van der Waals surface area contributed by atoms with Crippen LogP contribution in [0.25, 0.3) is 16.6 Å². The minimum atomic E-state index is -0.260. The molecule has 0 radical (unpaired) electrons. The van der Waals surface area contributed by atoms with E-state index in [0.717, 1.165) is 50.1 Å². The number of aromatic nitrogens is 2. The van der Waals surface area contributed by atoms with Crippen LogP contribution in [0.2, 0.25) is 0 Å². The topological polar surface area (TPSA) is 101 Å². The number of anilines is 2. The Labute approximate surface area is 304 Å². The van der Waals surface area contributed by atoms with E-state index in [1.54, 1.807) is 31.4 Å². The van der Waals surface area contributed by atoms with Crippen LogP contribution in [0.4, 0.5) is 15.6 Å². The number of likely N-dealkylation sites (tertiary alicyclic amines) is 1. The molecule has 2 aromatic heterocycles. The molecule has 0 atom stereocenters. The predicted octanol–water partition coefficient (Wildman–Crippen LogP) is 9.24. The summed E-state index contributed by atoms with van der Waals surface area (Å²) in [5.74, 6) is 0.830. The molecule has 3 aromatic carbocycles. The van der Waals surface area contributed by atoms with Crippen LogP contribution in [-0.4, -0.2) is 59.2 Å². The van der Waals surface area contributed by atoms with Crippen molar-refractivity contribution in [3.63, 3.8) is 0 Å². The number of rotatable bonds is 14. The van der Waals surface area contributed by atoms with Crippen LogP contribution < -0.4 is 25.0 Å². The van der Waals surface area contributed by atoms with Gasteiger partial charge in [0.2, 0.25) is 5.06 Å². The Bertz CT molecular complexity index is 1930. The van der Waals surface area contributed by atoms with Gasteiger partial charge in [-0.2, -0.15) is 0 Å². The molecule has 0 bridgehead atoms. The largest absolute Gasteiger partial charge is 0.490 e. The van der Waals surface area contributed by atoms with E-state index in [4.69, 9.17) is 9.47 Å². The molecule has 1 aliphatic rings. The van der Waals surface area contributed by atoms with Crippen LogP contribution in [0.3, 0.4) is 0 Å². The highest BCUT2D eigenvalue weighted by atomic mass is 32.1. The van der Waals surface area contributed by atoms with E-state index >= 15 is 0 Å². The van der Waals surface area contributed by atoms with Gasteiger partial charge in [0, 0.05) is 54.2 Å². The highest BCUT2D eigenvalue weighted by Crippen LogP contribution is 2.38. The normalized spacial score (nSPS) is 13.4. The number of fused-ring (bicyclic) bond motifs is 1. The number of amides is 3. The van der Waals surface area contributed by atoms with Gasteiger partial charge in [0.1, 0.15) is 0 Å². The molecular formula is C40H48N6O4S. The summed E-state index contributed by atoms with van der Waals surface area (Å²) in [6.45, 7) is 9.85. The molecule has 6 rings (SSSR count). The highest BCUT2D eigenvalue weighted by molar-refractivity contribution is 7.17. The molecule has 1 fully saturated rings. The average Bonchev–Trinajstić information content (AvgIpc) is 3.78. The number of hydrogen-bond acceptors (Lipinski definition) is 7. The number of carbonyl (C=O) groups excluding carboxylic acids is 2. The molecule has 3 heterocycles. The van der Waals surface area contributed by atoms with Gasteiger partial charge in [0.25, 0.3) is 5.91 Å². The van der Waals surface area contributed by atoms with Crippen LogP contribution >= 0.6 is 11.3 Å². The zero-order chi connectivity index (χ0) is 35.7. The lowest BCUT2D eigenvalue weighted by Crippen LogP contribution is -2.37. The van der Waals surface area contributed by atoms with Crippen LogP contribution in [-0.2, 0) is 6.54 Å². The Balaban J connectivity index is 1.13. The third-order valence-electron chi connectivity index (χ3n) is 9.29. The van der Waals surface area contributed by atoms with Crippen LogP contribution in [0.15, 0.2) is 79.1 Å². The smallest absolute Gasteiger partial charge is 0.319 e. The van der Waals surface area contributed by atoms with Gasteiger partial charge in [-0.3, -0.25) is 14.6 Å². The van der Waals surface area contributed by atoms with E-state index in [1.165, 1.54) is 46.4 Å². The molecule has 2 N–H and O–H groups in total. The number of nitrogens with one attached hydrogen (secondary N) is 2. The average molecular weight is 709 g/mol. The fraction of sp³-hybridized carbons (Fsp3) is 0.375. The van der Waals surface area contributed by atoms with Crippen molar-refractivity contribution in [3.05, 3.63) is 90.3 Å². The third-order valence-corrected chi connectivity index (χ3v) is 10.2. The molecule has 10 nitrogen and oxygen atoms in total. The summed E-state index contributed by atoms with van der Waals surface area (Å²) >= 11 is 1.26. The summed E-state index contributed by atoms with van der Waals surface area (Å²) in [7, 11) is 1.72. The zero-order valence-electron chi connectivity index (χ0n) is 30.0. The monoisotopic (exact) mass is 708 g/mol. The molecule has 5 aromatic rings. The summed E-state index contributed by atoms with van der Waals surface area (Å²) in [6.07, 6.45) is 10.2. The number of nitrogens with zero attached hydrogens (tertiary/aromatic N) is 4. The van der Waals surface area contributed by atoms with Crippen molar-refractivity contribution in [1.82, 2.24) is 19.8 Å². The van der Waals surface area contributed by atoms with Crippen molar-refractivity contribution in [2.45, 2.75) is 71.9 Å². The van der Waals surface area contributed by atoms with Gasteiger partial charge in [0.05, 0.1) is 18.3 Å². The molecule has 3 amide bonds. The van der Waals surface area contributed by atoms with Crippen molar-refractivity contribution in [3.8, 4) is 22.2 Å². The SMILES string of the molecule is CCCOc1cc(NC(=O)NC(CC)CC)ccc1Oc1cnc(N(C)C(=O)c2ccc(-n3cc(CN4CCCCC4)c4ccccc43)cc2)s1. The highest BCUT2D eigenvalue weighted by Gasteiger charge is 2.20. The first-order valence-electron chi connectivity index (χ1n) is 18.0. The van der Waals surface area contributed by atoms with Crippen molar-refractivity contribution in [2.24, 2.45) is 0 Å². The minimum absolute atomic E-state index is 0.112. The molecular weight excluding hydrogens is 661 g/mol. The number of para-hydroxylation sites is 1. The van der Waals surface area contributed by atoms with Gasteiger partial charge < -0.3 is 24.7 Å². The Hall–Kier alpha value is -4.87. The maximum absolute atomic E-state index is 13.6. The molecule has 1 aliphatic heterocycles. The van der Waals surface area contributed by atoms with Crippen molar-refractivity contribution < 1.29 is 19.1 Å². The maximum Gasteiger partial charge on any atom is 0.319 e. The van der Waals surface area contributed by atoms with E-state index in [2.05, 4.69) is 55.5 Å². The summed E-state index contributed by atoms with van der Waals surface area (Å²) < 4.78 is 14.4. The minimum Gasteiger partial charge on any atom is -0.490 e. The maximum atomic E-state index is 13.6. The van der Waals surface area contributed by atoms with Gasteiger partial charge >= 0.3 is 6.03 Å². The first-order chi connectivity index (χ1) is 24.9. The molecule has 51 heavy (non-hydrogen) atoms. The molecule has 1 saturated heterocycles. The molecule has 268 valence electrons. The van der Waals surface area contributed by atoms with Crippen LogP contribution in [0.1, 0.15) is 75.2 Å². The lowest BCUT2D eigenvalue weighted by Gasteiger charge is -2.26. The van der Waals surface area contributed by atoms with Crippen LogP contribution in [0.5, 0.6) is 16.6 Å². The fourth-order valence-electron chi connectivity index (χ4n) is 6.39. The number of carbonyl (C=O) groups is 2. The fourth-order valence-corrected chi connectivity index (χ4v) is 7.14. The standard InChI is InChI=1S/C40H48N6O4S/c1-5-23-49-36-24-31(43-39(48)42-30(6-2)7-3)17-20-35(36)50-37-25-41-40(51-37)44(4)38(47)28-15-18-32(19-16-28)46-27-29(26-45-21-11-8-12-22-45)33-13-9-10-14-34(33)46/h9-10,13-20,24-25,27,30H,5-8,11-12,21-23,26H2,1-4H3,(H2,42,43,48). The molecule has 0 aliphatic carbocycles. The summed E-state index contributed by atoms with van der Waals surface area (Å²) in [4.78, 5) is 34.7. The van der Waals surface area contributed by atoms with Crippen molar-refractivity contribution in [1.29, 1.82) is 0 Å². The van der Waals surface area contributed by atoms with Crippen LogP contribution in [0, 0.1) is 0 Å². The quantitative estimate of drug-likeness (QED) is 0.119. The Morgan fingerprint density at radius 2 is 1.73 bits per heavy atom. The van der Waals surface area contributed by atoms with E-state index in [9.17, 15) is 9.59 Å². The number of benzene rings is 3. The lowest BCUT2D eigenvalue weighted by molar-refractivity contribution is 0.0993. The Morgan fingerprint density at radius 3 is 2.47 bits per heavy atom. The number of urea groups is 1. The molecule has 0 spiro atoms. The molecule has 0 saturated carbocycles. The number of thiazole rings is 1. The lowest BCUT2D eigenvalue weighted by atomic mass is 10.1.